The minimum absolute atomic E-state index is 0.446. The summed E-state index contributed by atoms with van der Waals surface area (Å²) in [5.41, 5.74) is 0. The highest BCUT2D eigenvalue weighted by atomic mass is 19.3. The summed E-state index contributed by atoms with van der Waals surface area (Å²) in [6, 6.07) is 0. The van der Waals surface area contributed by atoms with Gasteiger partial charge < -0.3 is 9.47 Å². The summed E-state index contributed by atoms with van der Waals surface area (Å²) >= 11 is 0. The van der Waals surface area contributed by atoms with Crippen LogP contribution in [0.5, 0.6) is 0 Å². The van der Waals surface area contributed by atoms with Crippen molar-refractivity contribution in [2.24, 2.45) is 5.92 Å². The maximum absolute atomic E-state index is 13.0. The van der Waals surface area contributed by atoms with Crippen molar-refractivity contribution in [1.82, 2.24) is 0 Å². The van der Waals surface area contributed by atoms with Crippen molar-refractivity contribution in [3.05, 3.63) is 0 Å². The molecule has 0 rings (SSSR count). The van der Waals surface area contributed by atoms with Crippen LogP contribution in [0.3, 0.4) is 0 Å². The van der Waals surface area contributed by atoms with Crippen LogP contribution in [0.25, 0.3) is 0 Å². The first kappa shape index (κ1) is 19.5. The van der Waals surface area contributed by atoms with Gasteiger partial charge in [0.05, 0.1) is 5.92 Å². The summed E-state index contributed by atoms with van der Waals surface area (Å²) in [7, 11) is 0. The average molecular weight is 324 g/mol. The monoisotopic (exact) mass is 324 g/mol. The van der Waals surface area contributed by atoms with Gasteiger partial charge in [-0.1, -0.05) is 13.8 Å². The second kappa shape index (κ2) is 6.52. The Morgan fingerprint density at radius 1 is 0.952 bits per heavy atom. The van der Waals surface area contributed by atoms with Gasteiger partial charge in [-0.05, 0) is 0 Å². The zero-order chi connectivity index (χ0) is 17.1. The van der Waals surface area contributed by atoms with Crippen LogP contribution in [-0.2, 0) is 19.1 Å². The van der Waals surface area contributed by atoms with Crippen molar-refractivity contribution in [1.29, 1.82) is 0 Å². The molecule has 0 saturated carbocycles. The number of rotatable bonds is 7. The molecule has 0 bridgehead atoms. The Bertz CT molecular complexity index is 389. The lowest BCUT2D eigenvalue weighted by Gasteiger charge is -2.28. The summed E-state index contributed by atoms with van der Waals surface area (Å²) in [5, 5.41) is 0. The van der Waals surface area contributed by atoms with Gasteiger partial charge in [0, 0.05) is 6.92 Å². The summed E-state index contributed by atoms with van der Waals surface area (Å²) < 4.78 is 84.6. The fraction of sp³-hybridized carbons (Fsp3) is 0.818. The van der Waals surface area contributed by atoms with E-state index in [2.05, 4.69) is 9.47 Å². The van der Waals surface area contributed by atoms with E-state index in [9.17, 15) is 35.9 Å². The van der Waals surface area contributed by atoms with E-state index >= 15 is 0 Å². The lowest BCUT2D eigenvalue weighted by Crippen LogP contribution is -2.57. The number of carbonyl (C=O) groups excluding carboxylic acids is 2. The summed E-state index contributed by atoms with van der Waals surface area (Å²) in [6.07, 6.45) is 0. The van der Waals surface area contributed by atoms with E-state index in [1.807, 2.05) is 0 Å². The number of hydrogen-bond donors (Lipinski definition) is 0. The van der Waals surface area contributed by atoms with Crippen molar-refractivity contribution in [2.75, 3.05) is 13.2 Å². The molecule has 0 radical (unpaired) electrons. The third-order valence-corrected chi connectivity index (χ3v) is 2.23. The molecular weight excluding hydrogens is 310 g/mol. The molecule has 0 fully saturated rings. The highest BCUT2D eigenvalue weighted by molar-refractivity contribution is 5.79. The maximum atomic E-state index is 13.0. The molecule has 4 nitrogen and oxygen atoms in total. The number of alkyl halides is 6. The van der Waals surface area contributed by atoms with Gasteiger partial charge in [0.15, 0.2) is 0 Å². The molecule has 0 aliphatic heterocycles. The van der Waals surface area contributed by atoms with Gasteiger partial charge in [-0.2, -0.15) is 26.3 Å². The molecule has 0 aromatic carbocycles. The Morgan fingerprint density at radius 3 is 1.76 bits per heavy atom. The zero-order valence-electron chi connectivity index (χ0n) is 11.4. The number of hydrogen-bond acceptors (Lipinski definition) is 4. The van der Waals surface area contributed by atoms with Crippen molar-refractivity contribution < 1.29 is 45.4 Å². The number of esters is 2. The predicted molar refractivity (Wildman–Crippen MR) is 57.3 cm³/mol. The second-order valence-electron chi connectivity index (χ2n) is 4.50. The van der Waals surface area contributed by atoms with E-state index in [1.165, 1.54) is 13.8 Å². The molecule has 0 atom stereocenters. The van der Waals surface area contributed by atoms with Gasteiger partial charge in [-0.3, -0.25) is 4.79 Å². The summed E-state index contributed by atoms with van der Waals surface area (Å²) in [6.45, 7) is 0.864. The van der Waals surface area contributed by atoms with Crippen LogP contribution in [-0.4, -0.2) is 42.9 Å². The Balaban J connectivity index is 4.56. The Labute approximate surface area is 116 Å². The third-order valence-electron chi connectivity index (χ3n) is 2.23. The summed E-state index contributed by atoms with van der Waals surface area (Å²) in [4.78, 5) is 21.8. The molecular formula is C11H14F6O4. The molecule has 21 heavy (non-hydrogen) atoms. The van der Waals surface area contributed by atoms with E-state index in [1.54, 1.807) is 0 Å². The average Bonchev–Trinajstić information content (AvgIpc) is 2.31. The van der Waals surface area contributed by atoms with Crippen LogP contribution < -0.4 is 0 Å². The first-order valence-electron chi connectivity index (χ1n) is 5.72. The first-order valence-corrected chi connectivity index (χ1v) is 5.72. The van der Waals surface area contributed by atoms with Crippen molar-refractivity contribution >= 4 is 11.9 Å². The maximum Gasteiger partial charge on any atom is 0.410 e. The standard InChI is InChI=1S/C11H14F6O4/c1-6(2)7(18)20-4-5-21-8(19)10(14,15)11(16,17)9(3,12)13/h6H,4-5H2,1-3H3. The zero-order valence-corrected chi connectivity index (χ0v) is 11.4. The molecule has 0 saturated heterocycles. The fourth-order valence-electron chi connectivity index (χ4n) is 0.938. The molecule has 0 aromatic heterocycles. The van der Waals surface area contributed by atoms with Crippen LogP contribution >= 0.6 is 0 Å². The molecule has 0 amide bonds. The van der Waals surface area contributed by atoms with Gasteiger partial charge in [0.25, 0.3) is 0 Å². The highest BCUT2D eigenvalue weighted by Crippen LogP contribution is 2.45. The summed E-state index contributed by atoms with van der Waals surface area (Å²) in [5.74, 6) is -20.8. The molecule has 10 heteroatoms. The first-order chi connectivity index (χ1) is 9.25. The van der Waals surface area contributed by atoms with Crippen LogP contribution in [0.2, 0.25) is 0 Å². The van der Waals surface area contributed by atoms with Gasteiger partial charge in [0.2, 0.25) is 0 Å². The van der Waals surface area contributed by atoms with Crippen molar-refractivity contribution in [3.8, 4) is 0 Å². The molecule has 0 unspecified atom stereocenters. The van der Waals surface area contributed by atoms with E-state index < -0.39 is 55.8 Å². The molecule has 0 heterocycles. The molecule has 0 aliphatic carbocycles. The molecule has 0 N–H and O–H groups in total. The topological polar surface area (TPSA) is 52.6 Å². The molecule has 0 spiro atoms. The molecule has 124 valence electrons. The van der Waals surface area contributed by atoms with Gasteiger partial charge in [-0.25, -0.2) is 4.79 Å². The van der Waals surface area contributed by atoms with Crippen molar-refractivity contribution in [2.45, 2.75) is 38.5 Å². The quantitative estimate of drug-likeness (QED) is 0.410. The normalized spacial score (nSPS) is 13.2. The SMILES string of the molecule is CC(C)C(=O)OCCOC(=O)C(F)(F)C(F)(F)C(C)(F)F. The van der Waals surface area contributed by atoms with E-state index in [0.717, 1.165) is 0 Å². The van der Waals surface area contributed by atoms with Gasteiger partial charge in [-0.15, -0.1) is 0 Å². The number of halogens is 6. The van der Waals surface area contributed by atoms with Crippen LogP contribution in [0, 0.1) is 5.92 Å². The van der Waals surface area contributed by atoms with Crippen LogP contribution in [0.1, 0.15) is 20.8 Å². The van der Waals surface area contributed by atoms with Crippen LogP contribution in [0.4, 0.5) is 26.3 Å². The fourth-order valence-corrected chi connectivity index (χ4v) is 0.938. The van der Waals surface area contributed by atoms with Gasteiger partial charge in [0.1, 0.15) is 13.2 Å². The molecule has 0 aromatic rings. The van der Waals surface area contributed by atoms with E-state index in [-0.39, 0.29) is 0 Å². The molecule has 0 aliphatic rings. The van der Waals surface area contributed by atoms with E-state index in [4.69, 9.17) is 0 Å². The van der Waals surface area contributed by atoms with Crippen molar-refractivity contribution in [3.63, 3.8) is 0 Å². The smallest absolute Gasteiger partial charge is 0.410 e. The Morgan fingerprint density at radius 2 is 1.38 bits per heavy atom. The van der Waals surface area contributed by atoms with E-state index in [0.29, 0.717) is 0 Å². The Hall–Kier alpha value is -1.48. The minimum Gasteiger partial charge on any atom is -0.462 e. The van der Waals surface area contributed by atoms with Gasteiger partial charge >= 0.3 is 29.7 Å². The number of ether oxygens (including phenoxy) is 2. The second-order valence-corrected chi connectivity index (χ2v) is 4.50. The largest absolute Gasteiger partial charge is 0.462 e. The number of carbonyl (C=O) groups is 2. The Kier molecular flexibility index (Phi) is 6.06. The lowest BCUT2D eigenvalue weighted by atomic mass is 10.1. The third kappa shape index (κ3) is 4.50. The minimum atomic E-state index is -5.91. The predicted octanol–water partition coefficient (Wildman–Crippen LogP) is 2.65. The lowest BCUT2D eigenvalue weighted by molar-refractivity contribution is -0.299. The van der Waals surface area contributed by atoms with Crippen LogP contribution in [0.15, 0.2) is 0 Å². The highest BCUT2D eigenvalue weighted by Gasteiger charge is 2.73.